The first-order valence-electron chi connectivity index (χ1n) is 4.84. The van der Waals surface area contributed by atoms with Gasteiger partial charge in [-0.05, 0) is 28.1 Å². The molecule has 0 aromatic carbocycles. The second-order valence-corrected chi connectivity index (χ2v) is 6.59. The van der Waals surface area contributed by atoms with Crippen LogP contribution in [0.5, 0.6) is 0 Å². The molecule has 0 aliphatic heterocycles. The lowest BCUT2D eigenvalue weighted by Gasteiger charge is -1.98. The molecule has 2 rings (SSSR count). The van der Waals surface area contributed by atoms with Crippen molar-refractivity contribution >= 4 is 50.5 Å². The molecule has 0 atom stereocenters. The van der Waals surface area contributed by atoms with Crippen molar-refractivity contribution in [1.29, 1.82) is 0 Å². The molecule has 0 saturated heterocycles. The second kappa shape index (κ2) is 5.89. The molecule has 0 N–H and O–H groups in total. The van der Waals surface area contributed by atoms with Crippen molar-refractivity contribution in [3.05, 3.63) is 42.7 Å². The minimum atomic E-state index is -2.64. The standard InChI is InChI=1S/C11H5BrF2O3S2/c12-8-2-6(4-19-8)11(16)17-10(15)5-1-7(9(13)14)18-3-5/h1-4,9H. The highest BCUT2D eigenvalue weighted by atomic mass is 79.9. The Morgan fingerprint density at radius 1 is 1.11 bits per heavy atom. The van der Waals surface area contributed by atoms with Crippen LogP contribution in [-0.4, -0.2) is 11.9 Å². The summed E-state index contributed by atoms with van der Waals surface area (Å²) in [5.74, 6) is -1.74. The van der Waals surface area contributed by atoms with Gasteiger partial charge in [0.1, 0.15) is 0 Å². The zero-order valence-corrected chi connectivity index (χ0v) is 12.3. The van der Waals surface area contributed by atoms with Gasteiger partial charge in [0, 0.05) is 10.8 Å². The molecule has 0 unspecified atom stereocenters. The van der Waals surface area contributed by atoms with Gasteiger partial charge in [0.25, 0.3) is 6.43 Å². The van der Waals surface area contributed by atoms with Gasteiger partial charge in [-0.15, -0.1) is 22.7 Å². The lowest BCUT2D eigenvalue weighted by molar-refractivity contribution is 0.0398. The van der Waals surface area contributed by atoms with Crippen molar-refractivity contribution in [1.82, 2.24) is 0 Å². The highest BCUT2D eigenvalue weighted by molar-refractivity contribution is 9.11. The molecule has 2 heterocycles. The summed E-state index contributed by atoms with van der Waals surface area (Å²) in [7, 11) is 0. The van der Waals surface area contributed by atoms with Crippen LogP contribution in [0.25, 0.3) is 0 Å². The summed E-state index contributed by atoms with van der Waals surface area (Å²) in [5.41, 5.74) is 0.178. The number of alkyl halides is 2. The Morgan fingerprint density at radius 3 is 2.16 bits per heavy atom. The first-order valence-corrected chi connectivity index (χ1v) is 7.39. The van der Waals surface area contributed by atoms with Gasteiger partial charge in [0.15, 0.2) is 0 Å². The number of carbonyl (C=O) groups is 2. The topological polar surface area (TPSA) is 43.4 Å². The zero-order valence-electron chi connectivity index (χ0n) is 9.06. The number of hydrogen-bond donors (Lipinski definition) is 0. The first kappa shape index (κ1) is 14.3. The number of thiophene rings is 2. The van der Waals surface area contributed by atoms with E-state index in [0.29, 0.717) is 0 Å². The molecular weight excluding hydrogens is 362 g/mol. The summed E-state index contributed by atoms with van der Waals surface area (Å²) in [5, 5.41) is 2.76. The number of ether oxygens (including phenoxy) is 1. The van der Waals surface area contributed by atoms with Crippen LogP contribution in [0.3, 0.4) is 0 Å². The highest BCUT2D eigenvalue weighted by Crippen LogP contribution is 2.27. The second-order valence-electron chi connectivity index (χ2n) is 3.35. The molecule has 0 amide bonds. The summed E-state index contributed by atoms with van der Waals surface area (Å²) in [6, 6.07) is 2.53. The molecule has 0 radical (unpaired) electrons. The van der Waals surface area contributed by atoms with E-state index in [4.69, 9.17) is 0 Å². The van der Waals surface area contributed by atoms with Crippen LogP contribution in [0.1, 0.15) is 32.0 Å². The predicted octanol–water partition coefficient (Wildman–Crippen LogP) is 4.51. The van der Waals surface area contributed by atoms with Gasteiger partial charge in [-0.25, -0.2) is 18.4 Å². The van der Waals surface area contributed by atoms with E-state index in [-0.39, 0.29) is 16.0 Å². The van der Waals surface area contributed by atoms with Gasteiger partial charge in [0.2, 0.25) is 0 Å². The van der Waals surface area contributed by atoms with Crippen LogP contribution in [-0.2, 0) is 4.74 Å². The SMILES string of the molecule is O=C(OC(=O)c1csc(C(F)F)c1)c1csc(Br)c1. The van der Waals surface area contributed by atoms with Crippen LogP contribution in [0.2, 0.25) is 0 Å². The Hall–Kier alpha value is -1.12. The van der Waals surface area contributed by atoms with Gasteiger partial charge in [0.05, 0.1) is 19.8 Å². The molecule has 0 spiro atoms. The fourth-order valence-electron chi connectivity index (χ4n) is 1.19. The maximum absolute atomic E-state index is 12.4. The van der Waals surface area contributed by atoms with Crippen LogP contribution >= 0.6 is 38.6 Å². The molecule has 2 aromatic heterocycles. The summed E-state index contributed by atoms with van der Waals surface area (Å²) in [6.07, 6.45) is -2.64. The molecule has 0 aliphatic carbocycles. The maximum atomic E-state index is 12.4. The number of rotatable bonds is 3. The Labute approximate surface area is 122 Å². The van der Waals surface area contributed by atoms with Crippen molar-refractivity contribution in [2.45, 2.75) is 6.43 Å². The van der Waals surface area contributed by atoms with E-state index in [1.165, 1.54) is 28.2 Å². The van der Waals surface area contributed by atoms with Gasteiger partial charge in [-0.2, -0.15) is 0 Å². The van der Waals surface area contributed by atoms with E-state index < -0.39 is 18.4 Å². The lowest BCUT2D eigenvalue weighted by atomic mass is 10.3. The summed E-state index contributed by atoms with van der Waals surface area (Å²) < 4.78 is 30.0. The van der Waals surface area contributed by atoms with E-state index in [1.54, 1.807) is 0 Å². The van der Waals surface area contributed by atoms with E-state index in [0.717, 1.165) is 21.2 Å². The maximum Gasteiger partial charge on any atom is 0.346 e. The van der Waals surface area contributed by atoms with Gasteiger partial charge >= 0.3 is 11.9 Å². The lowest BCUT2D eigenvalue weighted by Crippen LogP contribution is -2.11. The molecule has 2 aromatic rings. The normalized spacial score (nSPS) is 10.7. The Bertz CT molecular complexity index is 621. The van der Waals surface area contributed by atoms with Gasteiger partial charge < -0.3 is 4.74 Å². The average molecular weight is 367 g/mol. The molecule has 100 valence electrons. The minimum absolute atomic E-state index is 0.0528. The van der Waals surface area contributed by atoms with Crippen molar-refractivity contribution in [3.8, 4) is 0 Å². The molecule has 19 heavy (non-hydrogen) atoms. The van der Waals surface area contributed by atoms with Crippen molar-refractivity contribution in [3.63, 3.8) is 0 Å². The quantitative estimate of drug-likeness (QED) is 0.592. The van der Waals surface area contributed by atoms with E-state index in [1.807, 2.05) is 0 Å². The predicted molar refractivity (Wildman–Crippen MR) is 71.0 cm³/mol. The number of halogens is 3. The first-order chi connectivity index (χ1) is 8.97. The number of carbonyl (C=O) groups excluding carboxylic acids is 2. The molecule has 0 aliphatic rings. The van der Waals surface area contributed by atoms with Gasteiger partial charge in [-0.1, -0.05) is 0 Å². The van der Waals surface area contributed by atoms with E-state index in [2.05, 4.69) is 20.7 Å². The molecule has 0 bridgehead atoms. The molecule has 3 nitrogen and oxygen atoms in total. The van der Waals surface area contributed by atoms with Gasteiger partial charge in [-0.3, -0.25) is 0 Å². The van der Waals surface area contributed by atoms with Crippen molar-refractivity contribution < 1.29 is 23.1 Å². The van der Waals surface area contributed by atoms with Crippen molar-refractivity contribution in [2.24, 2.45) is 0 Å². The summed E-state index contributed by atoms with van der Waals surface area (Å²) >= 11 is 5.19. The summed E-state index contributed by atoms with van der Waals surface area (Å²) in [4.78, 5) is 22.9. The average Bonchev–Trinajstić information content (AvgIpc) is 2.96. The van der Waals surface area contributed by atoms with E-state index in [9.17, 15) is 18.4 Å². The van der Waals surface area contributed by atoms with Crippen LogP contribution in [0.15, 0.2) is 26.7 Å². The smallest absolute Gasteiger partial charge is 0.346 e. The number of hydrogen-bond acceptors (Lipinski definition) is 5. The Kier molecular flexibility index (Phi) is 4.43. The third-order valence-electron chi connectivity index (χ3n) is 2.06. The molecule has 8 heteroatoms. The fraction of sp³-hybridized carbons (Fsp3) is 0.0909. The minimum Gasteiger partial charge on any atom is -0.386 e. The van der Waals surface area contributed by atoms with Crippen LogP contribution in [0, 0.1) is 0 Å². The molecule has 0 saturated carbocycles. The zero-order chi connectivity index (χ0) is 14.0. The Morgan fingerprint density at radius 2 is 1.68 bits per heavy atom. The van der Waals surface area contributed by atoms with Crippen molar-refractivity contribution in [2.75, 3.05) is 0 Å². The molecule has 0 fully saturated rings. The fourth-order valence-corrected chi connectivity index (χ4v) is 3.04. The largest absolute Gasteiger partial charge is 0.386 e. The third-order valence-corrected chi connectivity index (χ3v) is 4.50. The van der Waals surface area contributed by atoms with Crippen LogP contribution < -0.4 is 0 Å². The number of esters is 2. The summed E-state index contributed by atoms with van der Waals surface area (Å²) in [6.45, 7) is 0. The van der Waals surface area contributed by atoms with Crippen LogP contribution in [0.4, 0.5) is 8.78 Å². The van der Waals surface area contributed by atoms with E-state index >= 15 is 0 Å². The monoisotopic (exact) mass is 366 g/mol. The molecular formula is C11H5BrF2O3S2. The highest BCUT2D eigenvalue weighted by Gasteiger charge is 2.19. The Balaban J connectivity index is 2.06. The third kappa shape index (κ3) is 3.46.